The van der Waals surface area contributed by atoms with Crippen LogP contribution in [0.5, 0.6) is 11.5 Å². The molecule has 6 aromatic rings. The molecule has 6 aromatic carbocycles. The molecule has 1 aliphatic rings. The van der Waals surface area contributed by atoms with Crippen LogP contribution in [-0.2, 0) is 18.6 Å². The second-order valence-corrected chi connectivity index (χ2v) is 12.2. The molecule has 2 heteroatoms. The molecule has 0 aromatic heterocycles. The van der Waals surface area contributed by atoms with Gasteiger partial charge in [0.05, 0.1) is 0 Å². The van der Waals surface area contributed by atoms with Gasteiger partial charge in [0.15, 0.2) is 0 Å². The lowest BCUT2D eigenvalue weighted by Gasteiger charge is -2.33. The molecular formula is C45H38O2. The molecule has 0 saturated heterocycles. The summed E-state index contributed by atoms with van der Waals surface area (Å²) in [6.45, 7) is 8.72. The molecule has 0 saturated carbocycles. The van der Waals surface area contributed by atoms with Gasteiger partial charge in [0.1, 0.15) is 24.7 Å². The highest BCUT2D eigenvalue weighted by Crippen LogP contribution is 2.56. The molecule has 0 radical (unpaired) electrons. The van der Waals surface area contributed by atoms with Crippen molar-refractivity contribution in [1.29, 1.82) is 0 Å². The summed E-state index contributed by atoms with van der Waals surface area (Å²) in [4.78, 5) is 0. The van der Waals surface area contributed by atoms with Gasteiger partial charge in [-0.05, 0) is 80.8 Å². The fourth-order valence-electron chi connectivity index (χ4n) is 6.92. The third-order valence-corrected chi connectivity index (χ3v) is 9.44. The lowest BCUT2D eigenvalue weighted by atomic mass is 9.69. The lowest BCUT2D eigenvalue weighted by Crippen LogP contribution is -2.26. The molecule has 0 fully saturated rings. The van der Waals surface area contributed by atoms with E-state index >= 15 is 0 Å². The highest BCUT2D eigenvalue weighted by Gasteiger charge is 2.46. The van der Waals surface area contributed by atoms with Crippen LogP contribution in [0.3, 0.4) is 0 Å². The maximum Gasteiger partial charge on any atom is 0.119 e. The number of benzene rings is 6. The first kappa shape index (κ1) is 30.1. The molecule has 0 aliphatic heterocycles. The number of ether oxygens (including phenoxy) is 2. The smallest absolute Gasteiger partial charge is 0.119 e. The largest absolute Gasteiger partial charge is 0.489 e. The Morgan fingerprint density at radius 2 is 1.00 bits per heavy atom. The van der Waals surface area contributed by atoms with Crippen molar-refractivity contribution in [1.82, 2.24) is 0 Å². The molecule has 230 valence electrons. The van der Waals surface area contributed by atoms with Gasteiger partial charge in [0.2, 0.25) is 0 Å². The zero-order chi connectivity index (χ0) is 32.1. The molecule has 1 atom stereocenters. The van der Waals surface area contributed by atoms with E-state index < -0.39 is 0 Å². The van der Waals surface area contributed by atoms with Crippen LogP contribution >= 0.6 is 0 Å². The van der Waals surface area contributed by atoms with Crippen molar-refractivity contribution in [3.63, 3.8) is 0 Å². The van der Waals surface area contributed by atoms with E-state index in [2.05, 4.69) is 165 Å². The average molecular weight is 611 g/mol. The van der Waals surface area contributed by atoms with Gasteiger partial charge in [0, 0.05) is 11.3 Å². The van der Waals surface area contributed by atoms with Crippen LogP contribution in [-0.4, -0.2) is 0 Å². The minimum absolute atomic E-state index is 0.274. The quantitative estimate of drug-likeness (QED) is 0.145. The van der Waals surface area contributed by atoms with Crippen molar-refractivity contribution >= 4 is 12.2 Å². The first-order chi connectivity index (χ1) is 23.2. The Bertz CT molecular complexity index is 1850. The normalized spacial score (nSPS) is 14.6. The van der Waals surface area contributed by atoms with E-state index in [9.17, 15) is 0 Å². The van der Waals surface area contributed by atoms with Gasteiger partial charge in [0.25, 0.3) is 0 Å². The molecule has 7 rings (SSSR count). The van der Waals surface area contributed by atoms with Gasteiger partial charge in [-0.1, -0.05) is 153 Å². The van der Waals surface area contributed by atoms with Crippen LogP contribution in [0.15, 0.2) is 165 Å². The van der Waals surface area contributed by atoms with Crippen molar-refractivity contribution in [2.75, 3.05) is 0 Å². The molecular weight excluding hydrogens is 572 g/mol. The van der Waals surface area contributed by atoms with E-state index in [1.807, 2.05) is 12.2 Å². The summed E-state index contributed by atoms with van der Waals surface area (Å²) in [5.41, 5.74) is 10.7. The van der Waals surface area contributed by atoms with Crippen LogP contribution in [0.2, 0.25) is 0 Å². The lowest BCUT2D eigenvalue weighted by molar-refractivity contribution is 0.306. The molecule has 0 N–H and O–H groups in total. The van der Waals surface area contributed by atoms with Gasteiger partial charge in [-0.25, -0.2) is 0 Å². The van der Waals surface area contributed by atoms with Crippen molar-refractivity contribution in [2.24, 2.45) is 0 Å². The van der Waals surface area contributed by atoms with Gasteiger partial charge < -0.3 is 9.47 Å². The first-order valence-electron chi connectivity index (χ1n) is 16.2. The summed E-state index contributed by atoms with van der Waals surface area (Å²) in [6, 6.07) is 53.9. The van der Waals surface area contributed by atoms with Gasteiger partial charge in [-0.3, -0.25) is 0 Å². The standard InChI is InChI=1S/C45H38O2/c1-3-33-14-18-35(19-15-33)31-46-40-26-22-38(23-27-40)45(30-43(37-10-6-5-7-11-37)42-12-8-9-13-44(42)45)39-24-28-41(29-25-39)47-32-36-20-16-34(4-2)17-21-36/h3-29,43H,1-2,30-32H2. The zero-order valence-corrected chi connectivity index (χ0v) is 26.5. The minimum Gasteiger partial charge on any atom is -0.489 e. The summed E-state index contributed by atoms with van der Waals surface area (Å²) in [5.74, 6) is 1.98. The topological polar surface area (TPSA) is 18.5 Å². The summed E-state index contributed by atoms with van der Waals surface area (Å²) in [7, 11) is 0. The molecule has 0 amide bonds. The van der Waals surface area contributed by atoms with Crippen molar-refractivity contribution in [3.8, 4) is 11.5 Å². The van der Waals surface area contributed by atoms with Crippen LogP contribution in [0.1, 0.15) is 62.4 Å². The summed E-state index contributed by atoms with van der Waals surface area (Å²) < 4.78 is 12.5. The highest BCUT2D eigenvalue weighted by molar-refractivity contribution is 5.61. The predicted octanol–water partition coefficient (Wildman–Crippen LogP) is 11.0. The molecule has 1 aliphatic carbocycles. The van der Waals surface area contributed by atoms with Crippen molar-refractivity contribution in [3.05, 3.63) is 215 Å². The molecule has 2 nitrogen and oxygen atoms in total. The third-order valence-electron chi connectivity index (χ3n) is 9.44. The van der Waals surface area contributed by atoms with Gasteiger partial charge >= 0.3 is 0 Å². The van der Waals surface area contributed by atoms with Crippen LogP contribution in [0.25, 0.3) is 12.2 Å². The Morgan fingerprint density at radius 3 is 1.49 bits per heavy atom. The summed E-state index contributed by atoms with van der Waals surface area (Å²) >= 11 is 0. The second-order valence-electron chi connectivity index (χ2n) is 12.2. The van der Waals surface area contributed by atoms with E-state index in [4.69, 9.17) is 9.47 Å². The number of hydrogen-bond donors (Lipinski definition) is 0. The highest BCUT2D eigenvalue weighted by atomic mass is 16.5. The Morgan fingerprint density at radius 1 is 0.532 bits per heavy atom. The first-order valence-corrected chi connectivity index (χ1v) is 16.2. The number of hydrogen-bond acceptors (Lipinski definition) is 2. The van der Waals surface area contributed by atoms with Gasteiger partial charge in [-0.15, -0.1) is 0 Å². The predicted molar refractivity (Wildman–Crippen MR) is 194 cm³/mol. The summed E-state index contributed by atoms with van der Waals surface area (Å²) in [5, 5.41) is 0. The molecule has 0 heterocycles. The van der Waals surface area contributed by atoms with E-state index in [-0.39, 0.29) is 11.3 Å². The Balaban J connectivity index is 1.21. The Kier molecular flexibility index (Phi) is 8.58. The Hall–Kier alpha value is -5.60. The fraction of sp³-hybridized carbons (Fsp3) is 0.111. The fourth-order valence-corrected chi connectivity index (χ4v) is 6.92. The maximum absolute atomic E-state index is 6.23. The van der Waals surface area contributed by atoms with Crippen molar-refractivity contribution < 1.29 is 9.47 Å². The maximum atomic E-state index is 6.23. The molecule has 1 unspecified atom stereocenters. The van der Waals surface area contributed by atoms with E-state index in [0.29, 0.717) is 13.2 Å². The minimum atomic E-state index is -0.338. The average Bonchev–Trinajstić information content (AvgIpc) is 3.50. The van der Waals surface area contributed by atoms with Crippen molar-refractivity contribution in [2.45, 2.75) is 31.0 Å². The summed E-state index contributed by atoms with van der Waals surface area (Å²) in [6.07, 6.45) is 4.64. The van der Waals surface area contributed by atoms with Crippen LogP contribution in [0, 0.1) is 0 Å². The second kappa shape index (κ2) is 13.4. The van der Waals surface area contributed by atoms with E-state index in [1.54, 1.807) is 0 Å². The molecule has 0 bridgehead atoms. The number of rotatable bonds is 11. The van der Waals surface area contributed by atoms with Gasteiger partial charge in [-0.2, -0.15) is 0 Å². The van der Waals surface area contributed by atoms with E-state index in [0.717, 1.165) is 40.2 Å². The zero-order valence-electron chi connectivity index (χ0n) is 26.5. The number of fused-ring (bicyclic) bond motifs is 1. The molecule has 0 spiro atoms. The van der Waals surface area contributed by atoms with E-state index in [1.165, 1.54) is 27.8 Å². The van der Waals surface area contributed by atoms with Crippen LogP contribution in [0.4, 0.5) is 0 Å². The monoisotopic (exact) mass is 610 g/mol. The Labute approximate surface area is 278 Å². The molecule has 47 heavy (non-hydrogen) atoms. The third kappa shape index (κ3) is 6.15. The van der Waals surface area contributed by atoms with Crippen LogP contribution < -0.4 is 9.47 Å². The SMILES string of the molecule is C=Cc1ccc(COc2ccc(C3(c4ccc(OCc5ccc(C=C)cc5)cc4)CC(c4ccccc4)c4ccccc43)cc2)cc1.